The molecule has 0 radical (unpaired) electrons. The van der Waals surface area contributed by atoms with Gasteiger partial charge in [-0.3, -0.25) is 9.59 Å². The topological polar surface area (TPSA) is 58.2 Å². The van der Waals surface area contributed by atoms with E-state index in [1.165, 1.54) is 5.56 Å². The molecule has 2 aromatic rings. The number of rotatable bonds is 6. The van der Waals surface area contributed by atoms with E-state index in [1.54, 1.807) is 7.05 Å². The molecule has 1 heterocycles. The van der Waals surface area contributed by atoms with E-state index in [9.17, 15) is 9.59 Å². The van der Waals surface area contributed by atoms with Crippen LogP contribution in [0.15, 0.2) is 48.5 Å². The summed E-state index contributed by atoms with van der Waals surface area (Å²) in [6.07, 6.45) is 2.10. The standard InChI is InChI=1S/C24H31N3O2/c1-18-9-7-10-19(2)24(18)26-23(29)17-27(16-22(28)25-3)14-8-13-21(15-27)20-11-5-4-6-12-20/h4-7,9-12,21H,8,13-17H2,1-3H3,(H-,25,26,28,29)/p+1. The van der Waals surface area contributed by atoms with Crippen molar-refractivity contribution >= 4 is 17.5 Å². The molecule has 1 fully saturated rings. The fourth-order valence-corrected chi connectivity index (χ4v) is 4.54. The molecule has 1 aliphatic rings. The molecular formula is C24H32N3O2+. The van der Waals surface area contributed by atoms with E-state index < -0.39 is 0 Å². The molecule has 2 unspecified atom stereocenters. The molecule has 2 aromatic carbocycles. The van der Waals surface area contributed by atoms with Crippen LogP contribution in [0, 0.1) is 13.8 Å². The van der Waals surface area contributed by atoms with E-state index in [-0.39, 0.29) is 11.8 Å². The lowest BCUT2D eigenvalue weighted by molar-refractivity contribution is -0.919. The monoisotopic (exact) mass is 394 g/mol. The lowest BCUT2D eigenvalue weighted by Gasteiger charge is -2.43. The molecule has 2 amide bonds. The van der Waals surface area contributed by atoms with Crippen LogP contribution in [-0.2, 0) is 9.59 Å². The van der Waals surface area contributed by atoms with Crippen molar-refractivity contribution in [3.05, 3.63) is 65.2 Å². The van der Waals surface area contributed by atoms with Crippen LogP contribution in [0.3, 0.4) is 0 Å². The Morgan fingerprint density at radius 1 is 0.966 bits per heavy atom. The molecule has 5 heteroatoms. The van der Waals surface area contributed by atoms with E-state index in [0.717, 1.165) is 42.7 Å². The number of carbonyl (C=O) groups excluding carboxylic acids is 2. The van der Waals surface area contributed by atoms with Gasteiger partial charge in [0.2, 0.25) is 0 Å². The Hall–Kier alpha value is -2.66. The number of hydrogen-bond donors (Lipinski definition) is 2. The molecule has 2 N–H and O–H groups in total. The zero-order chi connectivity index (χ0) is 20.9. The van der Waals surface area contributed by atoms with Gasteiger partial charge in [0.15, 0.2) is 13.1 Å². The van der Waals surface area contributed by atoms with Crippen molar-refractivity contribution in [2.45, 2.75) is 32.6 Å². The second kappa shape index (κ2) is 9.23. The number of hydrogen-bond acceptors (Lipinski definition) is 2. The Balaban J connectivity index is 1.80. The Morgan fingerprint density at radius 3 is 2.28 bits per heavy atom. The molecule has 0 spiro atoms. The Morgan fingerprint density at radius 2 is 1.62 bits per heavy atom. The average Bonchev–Trinajstić information content (AvgIpc) is 2.71. The number of nitrogens with one attached hydrogen (secondary N) is 2. The van der Waals surface area contributed by atoms with Crippen molar-refractivity contribution in [1.82, 2.24) is 5.32 Å². The third kappa shape index (κ3) is 5.24. The molecule has 0 aliphatic carbocycles. The maximum atomic E-state index is 13.0. The van der Waals surface area contributed by atoms with Crippen LogP contribution < -0.4 is 10.6 Å². The average molecular weight is 395 g/mol. The van der Waals surface area contributed by atoms with Crippen molar-refractivity contribution in [1.29, 1.82) is 0 Å². The van der Waals surface area contributed by atoms with Crippen molar-refractivity contribution < 1.29 is 14.1 Å². The van der Waals surface area contributed by atoms with Crippen LogP contribution in [0.1, 0.15) is 35.4 Å². The number of amides is 2. The van der Waals surface area contributed by atoms with Gasteiger partial charge in [-0.2, -0.15) is 0 Å². The number of benzene rings is 2. The highest BCUT2D eigenvalue weighted by Crippen LogP contribution is 2.31. The van der Waals surface area contributed by atoms with Crippen LogP contribution in [-0.4, -0.2) is 49.5 Å². The second-order valence-electron chi connectivity index (χ2n) is 8.30. The lowest BCUT2D eigenvalue weighted by atomic mass is 9.89. The van der Waals surface area contributed by atoms with E-state index in [4.69, 9.17) is 0 Å². The first-order valence-electron chi connectivity index (χ1n) is 10.4. The summed E-state index contributed by atoms with van der Waals surface area (Å²) in [5.41, 5.74) is 4.28. The van der Waals surface area contributed by atoms with E-state index in [2.05, 4.69) is 34.9 Å². The Labute approximate surface area is 173 Å². The van der Waals surface area contributed by atoms with Crippen molar-refractivity contribution in [3.8, 4) is 0 Å². The highest BCUT2D eigenvalue weighted by molar-refractivity contribution is 5.93. The zero-order valence-electron chi connectivity index (χ0n) is 17.7. The minimum absolute atomic E-state index is 0.0152. The minimum atomic E-state index is -0.0278. The normalized spacial score (nSPS) is 21.4. The van der Waals surface area contributed by atoms with Gasteiger partial charge in [-0.1, -0.05) is 48.5 Å². The van der Waals surface area contributed by atoms with Gasteiger partial charge in [0.05, 0.1) is 13.1 Å². The highest BCUT2D eigenvalue weighted by atomic mass is 16.2. The maximum absolute atomic E-state index is 13.0. The predicted octanol–water partition coefficient (Wildman–Crippen LogP) is 3.38. The van der Waals surface area contributed by atoms with Gasteiger partial charge in [-0.05, 0) is 43.4 Å². The second-order valence-corrected chi connectivity index (χ2v) is 8.30. The van der Waals surface area contributed by atoms with Crippen LogP contribution >= 0.6 is 0 Å². The molecule has 29 heavy (non-hydrogen) atoms. The fraction of sp³-hybridized carbons (Fsp3) is 0.417. The molecule has 0 aromatic heterocycles. The van der Waals surface area contributed by atoms with Gasteiger partial charge in [-0.15, -0.1) is 0 Å². The summed E-state index contributed by atoms with van der Waals surface area (Å²) in [5.74, 6) is 0.321. The minimum Gasteiger partial charge on any atom is -0.354 e. The molecule has 1 aliphatic heterocycles. The first-order chi connectivity index (χ1) is 13.9. The largest absolute Gasteiger partial charge is 0.354 e. The van der Waals surface area contributed by atoms with Gasteiger partial charge in [0.25, 0.3) is 11.8 Å². The SMILES string of the molecule is CNC(=O)C[N+]1(CC(=O)Nc2c(C)cccc2C)CCCC(c2ccccc2)C1. The van der Waals surface area contributed by atoms with Crippen LogP contribution in [0.5, 0.6) is 0 Å². The molecule has 1 saturated heterocycles. The third-order valence-electron chi connectivity index (χ3n) is 6.05. The van der Waals surface area contributed by atoms with Gasteiger partial charge in [0, 0.05) is 18.7 Å². The summed E-state index contributed by atoms with van der Waals surface area (Å²) >= 11 is 0. The summed E-state index contributed by atoms with van der Waals surface area (Å²) in [7, 11) is 1.66. The molecular weight excluding hydrogens is 362 g/mol. The number of carbonyl (C=O) groups is 2. The number of para-hydroxylation sites is 1. The summed E-state index contributed by atoms with van der Waals surface area (Å²) < 4.78 is 0.496. The van der Waals surface area contributed by atoms with Crippen LogP contribution in [0.4, 0.5) is 5.69 Å². The predicted molar refractivity (Wildman–Crippen MR) is 117 cm³/mol. The number of likely N-dealkylation sites (N-methyl/N-ethyl adjacent to an activating group) is 1. The first-order valence-corrected chi connectivity index (χ1v) is 10.4. The van der Waals surface area contributed by atoms with E-state index in [1.807, 2.05) is 38.1 Å². The van der Waals surface area contributed by atoms with E-state index >= 15 is 0 Å². The highest BCUT2D eigenvalue weighted by Gasteiger charge is 2.39. The van der Waals surface area contributed by atoms with Gasteiger partial charge in [-0.25, -0.2) is 0 Å². The molecule has 2 atom stereocenters. The van der Waals surface area contributed by atoms with Crippen LogP contribution in [0.25, 0.3) is 0 Å². The zero-order valence-corrected chi connectivity index (χ0v) is 17.7. The fourth-order valence-electron chi connectivity index (χ4n) is 4.54. The van der Waals surface area contributed by atoms with Gasteiger partial charge in [0.1, 0.15) is 0 Å². The van der Waals surface area contributed by atoms with Gasteiger partial charge >= 0.3 is 0 Å². The van der Waals surface area contributed by atoms with Crippen molar-refractivity contribution in [3.63, 3.8) is 0 Å². The van der Waals surface area contributed by atoms with Crippen molar-refractivity contribution in [2.24, 2.45) is 0 Å². The maximum Gasteiger partial charge on any atom is 0.279 e. The quantitative estimate of drug-likeness (QED) is 0.738. The Kier molecular flexibility index (Phi) is 6.70. The smallest absolute Gasteiger partial charge is 0.279 e. The van der Waals surface area contributed by atoms with Crippen molar-refractivity contribution in [2.75, 3.05) is 38.5 Å². The molecule has 0 bridgehead atoms. The summed E-state index contributed by atoms with van der Waals surface area (Å²) in [6.45, 7) is 6.30. The molecule has 5 nitrogen and oxygen atoms in total. The molecule has 154 valence electrons. The lowest BCUT2D eigenvalue weighted by Crippen LogP contribution is -2.60. The number of quaternary nitrogens is 1. The molecule has 3 rings (SSSR count). The number of piperidine rings is 1. The number of anilines is 1. The number of nitrogens with zero attached hydrogens (tertiary/aromatic N) is 1. The molecule has 0 saturated carbocycles. The third-order valence-corrected chi connectivity index (χ3v) is 6.05. The summed E-state index contributed by atoms with van der Waals surface area (Å²) in [5, 5.41) is 5.86. The Bertz CT molecular complexity index is 845. The first kappa shape index (κ1) is 21.1. The van der Waals surface area contributed by atoms with Crippen LogP contribution in [0.2, 0.25) is 0 Å². The number of aryl methyl sites for hydroxylation is 2. The summed E-state index contributed by atoms with van der Waals surface area (Å²) in [6, 6.07) is 16.5. The number of likely N-dealkylation sites (tertiary alicyclic amines) is 1. The van der Waals surface area contributed by atoms with Gasteiger partial charge < -0.3 is 15.1 Å². The van der Waals surface area contributed by atoms with E-state index in [0.29, 0.717) is 23.5 Å². The summed E-state index contributed by atoms with van der Waals surface area (Å²) in [4.78, 5) is 25.4.